The van der Waals surface area contributed by atoms with Crippen molar-refractivity contribution in [1.29, 1.82) is 0 Å². The number of carbonyl (C=O) groups is 2. The summed E-state index contributed by atoms with van der Waals surface area (Å²) in [5.74, 6) is 0.0111. The summed E-state index contributed by atoms with van der Waals surface area (Å²) in [7, 11) is 0. The summed E-state index contributed by atoms with van der Waals surface area (Å²) in [4.78, 5) is 26.9. The Morgan fingerprint density at radius 2 is 0.825 bits per heavy atom. The van der Waals surface area contributed by atoms with E-state index in [1.165, 1.54) is 141 Å². The summed E-state index contributed by atoms with van der Waals surface area (Å²) in [6.45, 7) is 11.7. The summed E-state index contributed by atoms with van der Waals surface area (Å²) < 4.78 is 5.30. The third-order valence-corrected chi connectivity index (χ3v) is 7.70. The molecule has 0 radical (unpaired) electrons. The number of hydrogen-bond donors (Lipinski definition) is 1. The monoisotopic (exact) mass is 567 g/mol. The van der Waals surface area contributed by atoms with E-state index in [4.69, 9.17) is 4.74 Å². The lowest BCUT2D eigenvalue weighted by Gasteiger charge is -2.24. The summed E-state index contributed by atoms with van der Waals surface area (Å²) >= 11 is 0. The minimum Gasteiger partial charge on any atom is -0.444 e. The maximum atomic E-state index is 12.9. The van der Waals surface area contributed by atoms with Gasteiger partial charge in [0, 0.05) is 13.1 Å². The number of unbranched alkanes of at least 4 members (excludes halogenated alkanes) is 22. The van der Waals surface area contributed by atoms with Crippen LogP contribution in [0, 0.1) is 0 Å². The number of hydrogen-bond acceptors (Lipinski definition) is 3. The van der Waals surface area contributed by atoms with Gasteiger partial charge in [-0.1, -0.05) is 155 Å². The predicted octanol–water partition coefficient (Wildman–Crippen LogP) is 10.7. The van der Waals surface area contributed by atoms with Crippen molar-refractivity contribution < 1.29 is 14.3 Å². The van der Waals surface area contributed by atoms with E-state index in [0.29, 0.717) is 0 Å². The van der Waals surface area contributed by atoms with Gasteiger partial charge in [-0.2, -0.15) is 0 Å². The van der Waals surface area contributed by atoms with Gasteiger partial charge in [-0.3, -0.25) is 4.79 Å². The normalized spacial score (nSPS) is 11.5. The minimum absolute atomic E-state index is 0.0111. The molecule has 0 aromatic rings. The quantitative estimate of drug-likeness (QED) is 0.0958. The van der Waals surface area contributed by atoms with Crippen molar-refractivity contribution in [1.82, 2.24) is 10.2 Å². The van der Waals surface area contributed by atoms with Crippen molar-refractivity contribution in [2.24, 2.45) is 0 Å². The zero-order valence-electron chi connectivity index (χ0n) is 27.8. The zero-order valence-corrected chi connectivity index (χ0v) is 27.8. The van der Waals surface area contributed by atoms with Crippen LogP contribution in [0.5, 0.6) is 0 Å². The maximum absolute atomic E-state index is 12.9. The van der Waals surface area contributed by atoms with Crippen molar-refractivity contribution in [2.75, 3.05) is 19.6 Å². The molecule has 0 saturated carbocycles. The molecule has 0 spiro atoms. The van der Waals surface area contributed by atoms with Crippen LogP contribution in [0.3, 0.4) is 0 Å². The van der Waals surface area contributed by atoms with Crippen LogP contribution in [-0.2, 0) is 9.53 Å². The van der Waals surface area contributed by atoms with Crippen LogP contribution in [0.4, 0.5) is 4.79 Å². The topological polar surface area (TPSA) is 58.6 Å². The molecule has 0 heterocycles. The highest BCUT2D eigenvalue weighted by Gasteiger charge is 2.18. The van der Waals surface area contributed by atoms with E-state index in [0.717, 1.165) is 25.9 Å². The Balaban J connectivity index is 4.16. The minimum atomic E-state index is -0.559. The van der Waals surface area contributed by atoms with Crippen molar-refractivity contribution >= 4 is 12.0 Å². The highest BCUT2D eigenvalue weighted by molar-refractivity contribution is 5.82. The third-order valence-electron chi connectivity index (χ3n) is 7.70. The van der Waals surface area contributed by atoms with E-state index in [1.54, 1.807) is 0 Å². The molecule has 40 heavy (non-hydrogen) atoms. The van der Waals surface area contributed by atoms with Crippen LogP contribution < -0.4 is 5.32 Å². The van der Waals surface area contributed by atoms with Gasteiger partial charge in [0.1, 0.15) is 12.1 Å². The van der Waals surface area contributed by atoms with Crippen LogP contribution in [0.15, 0.2) is 0 Å². The van der Waals surface area contributed by atoms with Gasteiger partial charge in [0.05, 0.1) is 0 Å². The van der Waals surface area contributed by atoms with Crippen molar-refractivity contribution in [3.63, 3.8) is 0 Å². The molecule has 1 N–H and O–H groups in total. The number of alkyl carbamates (subject to hydrolysis) is 1. The van der Waals surface area contributed by atoms with Gasteiger partial charge in [0.2, 0.25) is 5.91 Å². The van der Waals surface area contributed by atoms with E-state index >= 15 is 0 Å². The fraction of sp³-hybridized carbons (Fsp3) is 0.943. The molecule has 0 unspecified atom stereocenters. The molecule has 2 amide bonds. The molecule has 0 aromatic heterocycles. The Hall–Kier alpha value is -1.26. The number of nitrogens with zero attached hydrogens (tertiary/aromatic N) is 1. The fourth-order valence-electron chi connectivity index (χ4n) is 5.22. The zero-order chi connectivity index (χ0) is 29.7. The van der Waals surface area contributed by atoms with Crippen LogP contribution in [-0.4, -0.2) is 42.1 Å². The molecule has 0 aliphatic rings. The molecular formula is C35H70N2O3. The molecule has 0 atom stereocenters. The van der Waals surface area contributed by atoms with Crippen LogP contribution in [0.25, 0.3) is 0 Å². The van der Waals surface area contributed by atoms with Gasteiger partial charge in [-0.15, -0.1) is 0 Å². The fourth-order valence-corrected chi connectivity index (χ4v) is 5.22. The lowest BCUT2D eigenvalue weighted by Crippen LogP contribution is -2.42. The maximum Gasteiger partial charge on any atom is 0.408 e. The molecule has 0 saturated heterocycles. The molecule has 0 rings (SSSR count). The molecule has 0 aliphatic carbocycles. The van der Waals surface area contributed by atoms with Crippen molar-refractivity contribution in [2.45, 2.75) is 194 Å². The second-order valence-corrected chi connectivity index (χ2v) is 13.0. The Labute approximate surface area is 250 Å². The van der Waals surface area contributed by atoms with Gasteiger partial charge < -0.3 is 15.0 Å². The molecule has 5 heteroatoms. The summed E-state index contributed by atoms with van der Waals surface area (Å²) in [6.07, 6.45) is 31.1. The summed E-state index contributed by atoms with van der Waals surface area (Å²) in [6, 6.07) is 0. The number of nitrogens with one attached hydrogen (secondary N) is 1. The highest BCUT2D eigenvalue weighted by atomic mass is 16.6. The molecule has 0 fully saturated rings. The van der Waals surface area contributed by atoms with Crippen molar-refractivity contribution in [3.05, 3.63) is 0 Å². The van der Waals surface area contributed by atoms with Crippen LogP contribution in [0.2, 0.25) is 0 Å². The summed E-state index contributed by atoms with van der Waals surface area (Å²) in [5, 5.41) is 2.66. The lowest BCUT2D eigenvalue weighted by atomic mass is 10.0. The Morgan fingerprint density at radius 3 is 1.12 bits per heavy atom. The largest absolute Gasteiger partial charge is 0.444 e. The van der Waals surface area contributed by atoms with Gasteiger partial charge >= 0.3 is 6.09 Å². The second-order valence-electron chi connectivity index (χ2n) is 13.0. The van der Waals surface area contributed by atoms with E-state index < -0.39 is 11.7 Å². The molecule has 5 nitrogen and oxygen atoms in total. The van der Waals surface area contributed by atoms with Crippen LogP contribution >= 0.6 is 0 Å². The molecular weight excluding hydrogens is 496 g/mol. The van der Waals surface area contributed by atoms with Crippen LogP contribution in [0.1, 0.15) is 189 Å². The number of rotatable bonds is 28. The number of carbonyl (C=O) groups excluding carboxylic acids is 2. The van der Waals surface area contributed by atoms with Gasteiger partial charge in [-0.05, 0) is 33.6 Å². The van der Waals surface area contributed by atoms with E-state index in [1.807, 2.05) is 25.7 Å². The summed E-state index contributed by atoms with van der Waals surface area (Å²) in [5.41, 5.74) is -0.559. The smallest absolute Gasteiger partial charge is 0.408 e. The Kier molecular flexibility index (Phi) is 27.0. The molecule has 0 aromatic carbocycles. The van der Waals surface area contributed by atoms with Crippen molar-refractivity contribution in [3.8, 4) is 0 Å². The average Bonchev–Trinajstić information content (AvgIpc) is 2.90. The second kappa shape index (κ2) is 27.9. The first-order valence-electron chi connectivity index (χ1n) is 17.5. The van der Waals surface area contributed by atoms with E-state index in [9.17, 15) is 9.59 Å². The standard InChI is InChI=1S/C35H70N2O3/c1-6-8-10-12-14-16-18-20-22-24-26-28-30-37(33(38)32-36-34(39)40-35(3,4)5)31-29-27-25-23-21-19-17-15-13-11-9-7-2/h6-32H2,1-5H3,(H,36,39). The molecule has 238 valence electrons. The third kappa shape index (κ3) is 28.3. The Morgan fingerprint density at radius 1 is 0.525 bits per heavy atom. The SMILES string of the molecule is CCCCCCCCCCCCCCN(CCCCCCCCCCCCCC)C(=O)CNC(=O)OC(C)(C)C. The molecule has 0 aliphatic heterocycles. The first-order valence-corrected chi connectivity index (χ1v) is 17.5. The van der Waals surface area contributed by atoms with E-state index in [2.05, 4.69) is 19.2 Å². The van der Waals surface area contributed by atoms with Gasteiger partial charge in [0.15, 0.2) is 0 Å². The first kappa shape index (κ1) is 38.7. The predicted molar refractivity (Wildman–Crippen MR) is 173 cm³/mol. The van der Waals surface area contributed by atoms with E-state index in [-0.39, 0.29) is 12.5 Å². The average molecular weight is 567 g/mol. The first-order chi connectivity index (χ1) is 19.3. The van der Waals surface area contributed by atoms with Gasteiger partial charge in [0.25, 0.3) is 0 Å². The van der Waals surface area contributed by atoms with Gasteiger partial charge in [-0.25, -0.2) is 4.79 Å². The Bertz CT molecular complexity index is 545. The lowest BCUT2D eigenvalue weighted by molar-refractivity contribution is -0.130. The molecule has 0 bridgehead atoms. The number of ether oxygens (including phenoxy) is 1. The highest BCUT2D eigenvalue weighted by Crippen LogP contribution is 2.14. The number of amides is 2.